The number of aromatic nitrogens is 1. The first-order valence-electron chi connectivity index (χ1n) is 7.19. The second-order valence-electron chi connectivity index (χ2n) is 4.89. The Kier molecular flexibility index (Phi) is 5.16. The summed E-state index contributed by atoms with van der Waals surface area (Å²) >= 11 is 3.10. The van der Waals surface area contributed by atoms with Crippen LogP contribution in [0.3, 0.4) is 0 Å². The summed E-state index contributed by atoms with van der Waals surface area (Å²) in [5, 5.41) is 16.7. The van der Waals surface area contributed by atoms with Crippen molar-refractivity contribution in [2.24, 2.45) is 0 Å². The van der Waals surface area contributed by atoms with Crippen LogP contribution >= 0.6 is 22.7 Å². The van der Waals surface area contributed by atoms with Crippen molar-refractivity contribution in [1.82, 2.24) is 10.3 Å². The molecular formula is C18H13N3OS2. The summed E-state index contributed by atoms with van der Waals surface area (Å²) in [6.45, 7) is 0.385. The third-order valence-electron chi connectivity index (χ3n) is 3.21. The van der Waals surface area contributed by atoms with Crippen molar-refractivity contribution < 1.29 is 4.79 Å². The molecule has 0 aliphatic heterocycles. The van der Waals surface area contributed by atoms with Crippen molar-refractivity contribution >= 4 is 34.7 Å². The maximum absolute atomic E-state index is 12.2. The van der Waals surface area contributed by atoms with Crippen LogP contribution in [0.4, 0.5) is 0 Å². The number of thiophene rings is 1. The fourth-order valence-corrected chi connectivity index (χ4v) is 3.63. The molecular weight excluding hydrogens is 338 g/mol. The summed E-state index contributed by atoms with van der Waals surface area (Å²) in [7, 11) is 0. The van der Waals surface area contributed by atoms with Crippen LogP contribution in [-0.2, 0) is 11.3 Å². The van der Waals surface area contributed by atoms with Gasteiger partial charge in [-0.3, -0.25) is 4.79 Å². The molecule has 0 bridgehead atoms. The molecule has 6 heteroatoms. The predicted octanol–water partition coefficient (Wildman–Crippen LogP) is 4.09. The topological polar surface area (TPSA) is 65.8 Å². The summed E-state index contributed by atoms with van der Waals surface area (Å²) in [6.07, 6.45) is 1.52. The fourth-order valence-electron chi connectivity index (χ4n) is 2.04. The quantitative estimate of drug-likeness (QED) is 0.556. The van der Waals surface area contributed by atoms with Crippen molar-refractivity contribution in [3.63, 3.8) is 0 Å². The molecule has 3 aromatic rings. The van der Waals surface area contributed by atoms with Gasteiger partial charge in [-0.1, -0.05) is 36.4 Å². The van der Waals surface area contributed by atoms with Crippen LogP contribution in [0, 0.1) is 11.3 Å². The first-order valence-corrected chi connectivity index (χ1v) is 8.95. The minimum Gasteiger partial charge on any atom is -0.347 e. The van der Waals surface area contributed by atoms with Crippen molar-refractivity contribution in [1.29, 1.82) is 5.26 Å². The minimum atomic E-state index is -0.396. The standard InChI is InChI=1S/C18H13N3OS2/c19-10-14(17(22)20-11-13-5-2-1-3-6-13)9-15-12-24-18(21-15)16-7-4-8-23-16/h1-9,12H,11H2,(H,20,22). The van der Waals surface area contributed by atoms with Gasteiger partial charge in [0.2, 0.25) is 0 Å². The molecule has 1 N–H and O–H groups in total. The highest BCUT2D eigenvalue weighted by atomic mass is 32.1. The third-order valence-corrected chi connectivity index (χ3v) is 5.11. The molecule has 0 atom stereocenters. The second-order valence-corrected chi connectivity index (χ2v) is 6.70. The molecule has 0 saturated carbocycles. The maximum Gasteiger partial charge on any atom is 0.262 e. The number of nitriles is 1. The zero-order valence-electron chi connectivity index (χ0n) is 12.6. The number of hydrogen-bond donors (Lipinski definition) is 1. The lowest BCUT2D eigenvalue weighted by Crippen LogP contribution is -2.23. The van der Waals surface area contributed by atoms with E-state index in [2.05, 4.69) is 10.3 Å². The fraction of sp³-hybridized carbons (Fsp3) is 0.0556. The number of benzene rings is 1. The molecule has 0 fully saturated rings. The molecule has 2 aromatic heterocycles. The molecule has 118 valence electrons. The van der Waals surface area contributed by atoms with Gasteiger partial charge in [-0.25, -0.2) is 4.98 Å². The lowest BCUT2D eigenvalue weighted by Gasteiger charge is -2.03. The van der Waals surface area contributed by atoms with Gasteiger partial charge in [-0.05, 0) is 23.1 Å². The summed E-state index contributed by atoms with van der Waals surface area (Å²) < 4.78 is 0. The van der Waals surface area contributed by atoms with E-state index in [1.165, 1.54) is 17.4 Å². The SMILES string of the molecule is N#CC(=Cc1csc(-c2cccs2)n1)C(=O)NCc1ccccc1. The molecule has 0 unspecified atom stereocenters. The van der Waals surface area contributed by atoms with Crippen LogP contribution in [0.2, 0.25) is 0 Å². The van der Waals surface area contributed by atoms with E-state index in [1.54, 1.807) is 11.3 Å². The molecule has 0 aliphatic rings. The van der Waals surface area contributed by atoms with E-state index in [0.717, 1.165) is 15.4 Å². The Balaban J connectivity index is 1.70. The van der Waals surface area contributed by atoms with E-state index in [4.69, 9.17) is 0 Å². The van der Waals surface area contributed by atoms with E-state index in [-0.39, 0.29) is 5.57 Å². The average Bonchev–Trinajstić information content (AvgIpc) is 3.29. The van der Waals surface area contributed by atoms with Gasteiger partial charge < -0.3 is 5.32 Å². The largest absolute Gasteiger partial charge is 0.347 e. The van der Waals surface area contributed by atoms with Crippen molar-refractivity contribution in [2.75, 3.05) is 0 Å². The number of hydrogen-bond acceptors (Lipinski definition) is 5. The Morgan fingerprint density at radius 1 is 1.21 bits per heavy atom. The highest BCUT2D eigenvalue weighted by molar-refractivity contribution is 7.20. The van der Waals surface area contributed by atoms with Gasteiger partial charge >= 0.3 is 0 Å². The summed E-state index contributed by atoms with van der Waals surface area (Å²) in [4.78, 5) is 17.7. The Morgan fingerprint density at radius 3 is 2.75 bits per heavy atom. The lowest BCUT2D eigenvalue weighted by atomic mass is 10.2. The predicted molar refractivity (Wildman–Crippen MR) is 97.3 cm³/mol. The van der Waals surface area contributed by atoms with Gasteiger partial charge in [-0.2, -0.15) is 5.26 Å². The Labute approximate surface area is 147 Å². The van der Waals surface area contributed by atoms with Crippen LogP contribution in [0.15, 0.2) is 58.8 Å². The van der Waals surface area contributed by atoms with Crippen LogP contribution in [0.25, 0.3) is 16.0 Å². The van der Waals surface area contributed by atoms with Crippen LogP contribution in [0.5, 0.6) is 0 Å². The van der Waals surface area contributed by atoms with Gasteiger partial charge in [0, 0.05) is 11.9 Å². The minimum absolute atomic E-state index is 0.0500. The molecule has 0 spiro atoms. The highest BCUT2D eigenvalue weighted by Gasteiger charge is 2.11. The number of carbonyl (C=O) groups excluding carboxylic acids is 1. The monoisotopic (exact) mass is 351 g/mol. The van der Waals surface area contributed by atoms with Crippen LogP contribution < -0.4 is 5.32 Å². The second kappa shape index (κ2) is 7.68. The Morgan fingerprint density at radius 2 is 2.04 bits per heavy atom. The van der Waals surface area contributed by atoms with Crippen molar-refractivity contribution in [2.45, 2.75) is 6.54 Å². The lowest BCUT2D eigenvalue weighted by molar-refractivity contribution is -0.117. The van der Waals surface area contributed by atoms with Gasteiger partial charge in [0.1, 0.15) is 16.6 Å². The van der Waals surface area contributed by atoms with E-state index in [1.807, 2.05) is 59.3 Å². The van der Waals surface area contributed by atoms with Crippen molar-refractivity contribution in [3.05, 3.63) is 70.1 Å². The molecule has 4 nitrogen and oxygen atoms in total. The molecule has 0 saturated heterocycles. The molecule has 0 radical (unpaired) electrons. The first-order chi connectivity index (χ1) is 11.8. The number of carbonyl (C=O) groups is 1. The number of nitrogens with one attached hydrogen (secondary N) is 1. The summed E-state index contributed by atoms with van der Waals surface area (Å²) in [5.41, 5.74) is 1.65. The number of thiazole rings is 1. The van der Waals surface area contributed by atoms with Gasteiger partial charge in [-0.15, -0.1) is 22.7 Å². The number of amides is 1. The normalized spacial score (nSPS) is 11.0. The zero-order chi connectivity index (χ0) is 16.8. The maximum atomic E-state index is 12.2. The third kappa shape index (κ3) is 3.96. The molecule has 24 heavy (non-hydrogen) atoms. The first kappa shape index (κ1) is 16.1. The van der Waals surface area contributed by atoms with Crippen molar-refractivity contribution in [3.8, 4) is 16.0 Å². The zero-order valence-corrected chi connectivity index (χ0v) is 14.2. The van der Waals surface area contributed by atoms with E-state index in [0.29, 0.717) is 12.2 Å². The molecule has 2 heterocycles. The van der Waals surface area contributed by atoms with Crippen LogP contribution in [0.1, 0.15) is 11.3 Å². The smallest absolute Gasteiger partial charge is 0.262 e. The number of rotatable bonds is 5. The molecule has 3 rings (SSSR count). The summed E-state index contributed by atoms with van der Waals surface area (Å²) in [5.74, 6) is -0.396. The summed E-state index contributed by atoms with van der Waals surface area (Å²) in [6, 6.07) is 15.5. The van der Waals surface area contributed by atoms with Gasteiger partial charge in [0.25, 0.3) is 5.91 Å². The highest BCUT2D eigenvalue weighted by Crippen LogP contribution is 2.28. The average molecular weight is 351 g/mol. The van der Waals surface area contributed by atoms with E-state index < -0.39 is 5.91 Å². The molecule has 1 amide bonds. The van der Waals surface area contributed by atoms with E-state index in [9.17, 15) is 10.1 Å². The van der Waals surface area contributed by atoms with Gasteiger partial charge in [0.15, 0.2) is 0 Å². The van der Waals surface area contributed by atoms with E-state index >= 15 is 0 Å². The van der Waals surface area contributed by atoms with Gasteiger partial charge in [0.05, 0.1) is 10.6 Å². The molecule has 0 aliphatic carbocycles. The molecule has 1 aromatic carbocycles. The Hall–Kier alpha value is -2.75. The Bertz CT molecular complexity index is 890. The number of nitrogens with zero attached hydrogens (tertiary/aromatic N) is 2. The van der Waals surface area contributed by atoms with Crippen LogP contribution in [-0.4, -0.2) is 10.9 Å².